The SMILES string of the molecule is CCn1nccc1[C@@H]1OCCC[C@H]1CNC1CCc2cccnc2CC1. The average Bonchev–Trinajstić information content (AvgIpc) is 3.07. The molecular weight excluding hydrogens is 324 g/mol. The Balaban J connectivity index is 1.37. The number of aromatic nitrogens is 3. The Morgan fingerprint density at radius 1 is 1.19 bits per heavy atom. The molecule has 140 valence electrons. The second-order valence-corrected chi connectivity index (χ2v) is 7.56. The first-order valence-corrected chi connectivity index (χ1v) is 10.1. The highest BCUT2D eigenvalue weighted by molar-refractivity contribution is 5.21. The van der Waals surface area contributed by atoms with Crippen LogP contribution in [0.4, 0.5) is 0 Å². The molecule has 2 aromatic rings. The molecule has 1 aliphatic carbocycles. The fourth-order valence-corrected chi connectivity index (χ4v) is 4.46. The largest absolute Gasteiger partial charge is 0.372 e. The summed E-state index contributed by atoms with van der Waals surface area (Å²) < 4.78 is 8.26. The Morgan fingerprint density at radius 3 is 3.04 bits per heavy atom. The number of aryl methyl sites for hydroxylation is 3. The van der Waals surface area contributed by atoms with Crippen LogP contribution in [0.1, 0.15) is 55.7 Å². The molecule has 4 rings (SSSR count). The number of fused-ring (bicyclic) bond motifs is 1. The molecule has 5 heteroatoms. The van der Waals surface area contributed by atoms with Crippen LogP contribution in [0.25, 0.3) is 0 Å². The summed E-state index contributed by atoms with van der Waals surface area (Å²) in [6, 6.07) is 7.00. The van der Waals surface area contributed by atoms with Gasteiger partial charge in [-0.3, -0.25) is 9.67 Å². The van der Waals surface area contributed by atoms with Crippen LogP contribution in [0.15, 0.2) is 30.6 Å². The number of hydrogen-bond donors (Lipinski definition) is 1. The van der Waals surface area contributed by atoms with Crippen LogP contribution in [0.5, 0.6) is 0 Å². The summed E-state index contributed by atoms with van der Waals surface area (Å²) in [5.41, 5.74) is 3.96. The predicted octanol–water partition coefficient (Wildman–Crippen LogP) is 3.30. The van der Waals surface area contributed by atoms with Crippen molar-refractivity contribution in [3.8, 4) is 0 Å². The normalized spacial score (nSPS) is 26.3. The summed E-state index contributed by atoms with van der Waals surface area (Å²) in [6.07, 6.45) is 11.0. The van der Waals surface area contributed by atoms with E-state index < -0.39 is 0 Å². The molecule has 0 aromatic carbocycles. The maximum absolute atomic E-state index is 6.18. The lowest BCUT2D eigenvalue weighted by Gasteiger charge is -2.33. The van der Waals surface area contributed by atoms with Crippen LogP contribution in [0.2, 0.25) is 0 Å². The van der Waals surface area contributed by atoms with Gasteiger partial charge in [-0.25, -0.2) is 0 Å². The smallest absolute Gasteiger partial charge is 0.103 e. The van der Waals surface area contributed by atoms with Crippen molar-refractivity contribution < 1.29 is 4.74 Å². The standard InChI is InChI=1S/C21H30N4O/c1-2-25-20(11-13-24-25)21-17(6-4-14-26-21)15-23-18-8-7-16-5-3-12-22-19(16)10-9-18/h3,5,11-13,17-18,21,23H,2,4,6-10,14-15H2,1H3/t17-,18?,21+/m0/s1. The van der Waals surface area contributed by atoms with Gasteiger partial charge in [-0.2, -0.15) is 5.10 Å². The van der Waals surface area contributed by atoms with Gasteiger partial charge in [0.1, 0.15) is 6.10 Å². The third-order valence-corrected chi connectivity index (χ3v) is 5.93. The van der Waals surface area contributed by atoms with Gasteiger partial charge in [0.05, 0.1) is 5.69 Å². The molecule has 1 N–H and O–H groups in total. The van der Waals surface area contributed by atoms with Crippen molar-refractivity contribution >= 4 is 0 Å². The zero-order valence-corrected chi connectivity index (χ0v) is 15.7. The molecule has 3 heterocycles. The highest BCUT2D eigenvalue weighted by Crippen LogP contribution is 2.33. The van der Waals surface area contributed by atoms with E-state index in [-0.39, 0.29) is 6.10 Å². The van der Waals surface area contributed by atoms with Gasteiger partial charge >= 0.3 is 0 Å². The fourth-order valence-electron chi connectivity index (χ4n) is 4.46. The zero-order valence-electron chi connectivity index (χ0n) is 15.7. The highest BCUT2D eigenvalue weighted by Gasteiger charge is 2.30. The van der Waals surface area contributed by atoms with Gasteiger partial charge in [0.15, 0.2) is 0 Å². The molecule has 0 radical (unpaired) electrons. The number of ether oxygens (including phenoxy) is 1. The van der Waals surface area contributed by atoms with E-state index in [2.05, 4.69) is 45.2 Å². The van der Waals surface area contributed by atoms with Crippen LogP contribution in [0, 0.1) is 5.92 Å². The topological polar surface area (TPSA) is 52.0 Å². The van der Waals surface area contributed by atoms with Gasteiger partial charge in [-0.15, -0.1) is 0 Å². The van der Waals surface area contributed by atoms with E-state index >= 15 is 0 Å². The van der Waals surface area contributed by atoms with E-state index in [1.165, 1.54) is 36.2 Å². The lowest BCUT2D eigenvalue weighted by molar-refractivity contribution is -0.0334. The maximum atomic E-state index is 6.18. The van der Waals surface area contributed by atoms with Crippen molar-refractivity contribution in [2.75, 3.05) is 13.2 Å². The summed E-state index contributed by atoms with van der Waals surface area (Å²) in [4.78, 5) is 4.57. The predicted molar refractivity (Wildman–Crippen MR) is 102 cm³/mol. The van der Waals surface area contributed by atoms with Crippen LogP contribution >= 0.6 is 0 Å². The van der Waals surface area contributed by atoms with E-state index in [0.717, 1.165) is 39.0 Å². The Kier molecular flexibility index (Phi) is 5.65. The first-order chi connectivity index (χ1) is 12.8. The Hall–Kier alpha value is -1.72. The summed E-state index contributed by atoms with van der Waals surface area (Å²) >= 11 is 0. The second-order valence-electron chi connectivity index (χ2n) is 7.56. The molecule has 26 heavy (non-hydrogen) atoms. The third-order valence-electron chi connectivity index (χ3n) is 5.93. The van der Waals surface area contributed by atoms with Gasteiger partial charge in [-0.1, -0.05) is 6.07 Å². The van der Waals surface area contributed by atoms with Crippen LogP contribution < -0.4 is 5.32 Å². The van der Waals surface area contributed by atoms with E-state index in [0.29, 0.717) is 12.0 Å². The molecule has 3 atom stereocenters. The molecule has 1 aliphatic heterocycles. The molecule has 1 unspecified atom stereocenters. The van der Waals surface area contributed by atoms with Crippen molar-refractivity contribution in [2.24, 2.45) is 5.92 Å². The number of pyridine rings is 1. The Bertz CT molecular complexity index is 687. The maximum Gasteiger partial charge on any atom is 0.103 e. The van der Waals surface area contributed by atoms with Crippen molar-refractivity contribution in [3.63, 3.8) is 0 Å². The third kappa shape index (κ3) is 3.84. The lowest BCUT2D eigenvalue weighted by atomic mass is 9.91. The van der Waals surface area contributed by atoms with Gasteiger partial charge in [-0.05, 0) is 63.1 Å². The second kappa shape index (κ2) is 8.31. The molecule has 0 amide bonds. The van der Waals surface area contributed by atoms with Crippen molar-refractivity contribution in [1.29, 1.82) is 0 Å². The van der Waals surface area contributed by atoms with Gasteiger partial charge in [0, 0.05) is 49.7 Å². The molecule has 2 aromatic heterocycles. The molecule has 0 spiro atoms. The summed E-state index contributed by atoms with van der Waals surface area (Å²) in [6.45, 7) is 4.93. The monoisotopic (exact) mass is 354 g/mol. The first-order valence-electron chi connectivity index (χ1n) is 10.1. The number of rotatable bonds is 5. The minimum absolute atomic E-state index is 0.170. The minimum atomic E-state index is 0.170. The van der Waals surface area contributed by atoms with E-state index in [4.69, 9.17) is 4.74 Å². The lowest BCUT2D eigenvalue weighted by Crippen LogP contribution is -2.38. The molecule has 1 fully saturated rings. The summed E-state index contributed by atoms with van der Waals surface area (Å²) in [7, 11) is 0. The van der Waals surface area contributed by atoms with Crippen LogP contribution in [-0.2, 0) is 24.1 Å². The van der Waals surface area contributed by atoms with Crippen molar-refractivity contribution in [2.45, 2.75) is 64.1 Å². The first kappa shape index (κ1) is 17.7. The molecule has 1 saturated heterocycles. The highest BCUT2D eigenvalue weighted by atomic mass is 16.5. The fraction of sp³-hybridized carbons (Fsp3) is 0.619. The summed E-state index contributed by atoms with van der Waals surface area (Å²) in [5.74, 6) is 0.523. The zero-order chi connectivity index (χ0) is 17.8. The number of nitrogens with one attached hydrogen (secondary N) is 1. The van der Waals surface area contributed by atoms with E-state index in [1.54, 1.807) is 0 Å². The molecular formula is C21H30N4O. The quantitative estimate of drug-likeness (QED) is 0.837. The molecule has 0 bridgehead atoms. The van der Waals surface area contributed by atoms with Crippen molar-refractivity contribution in [1.82, 2.24) is 20.1 Å². The summed E-state index contributed by atoms with van der Waals surface area (Å²) in [5, 5.41) is 8.30. The Morgan fingerprint density at radius 2 is 2.12 bits per heavy atom. The average molecular weight is 354 g/mol. The Labute approximate surface area is 156 Å². The minimum Gasteiger partial charge on any atom is -0.372 e. The molecule has 0 saturated carbocycles. The van der Waals surface area contributed by atoms with Crippen LogP contribution in [-0.4, -0.2) is 34.0 Å². The number of nitrogens with zero attached hydrogens (tertiary/aromatic N) is 3. The molecule has 2 aliphatic rings. The van der Waals surface area contributed by atoms with Gasteiger partial charge in [0.25, 0.3) is 0 Å². The molecule has 5 nitrogen and oxygen atoms in total. The van der Waals surface area contributed by atoms with Gasteiger partial charge < -0.3 is 10.1 Å². The van der Waals surface area contributed by atoms with Gasteiger partial charge in [0.2, 0.25) is 0 Å². The van der Waals surface area contributed by atoms with Crippen molar-refractivity contribution in [3.05, 3.63) is 47.5 Å². The van der Waals surface area contributed by atoms with E-state index in [9.17, 15) is 0 Å². The number of hydrogen-bond acceptors (Lipinski definition) is 4. The van der Waals surface area contributed by atoms with E-state index in [1.807, 2.05) is 12.4 Å². The van der Waals surface area contributed by atoms with Crippen LogP contribution in [0.3, 0.4) is 0 Å².